The highest BCUT2D eigenvalue weighted by molar-refractivity contribution is 6.74. The number of aliphatic carboxylic acids is 1. The third-order valence-electron chi connectivity index (χ3n) is 3.77. The molecule has 3 nitrogen and oxygen atoms in total. The molecule has 1 N–H and O–H groups in total. The predicted octanol–water partition coefficient (Wildman–Crippen LogP) is 4.22. The first-order valence-corrected chi connectivity index (χ1v) is 9.49. The van der Waals surface area contributed by atoms with Gasteiger partial charge < -0.3 is 9.53 Å². The zero-order valence-electron chi connectivity index (χ0n) is 12.4. The van der Waals surface area contributed by atoms with Gasteiger partial charge in [-0.15, -0.1) is 0 Å². The van der Waals surface area contributed by atoms with Crippen molar-refractivity contribution < 1.29 is 14.3 Å². The quantitative estimate of drug-likeness (QED) is 0.821. The average molecular weight is 280 g/mol. The van der Waals surface area contributed by atoms with Gasteiger partial charge in [0.2, 0.25) is 0 Å². The number of hydrogen-bond acceptors (Lipinski definition) is 2. The van der Waals surface area contributed by atoms with E-state index < -0.39 is 14.3 Å². The van der Waals surface area contributed by atoms with Crippen LogP contribution < -0.4 is 0 Å². The highest BCUT2D eigenvalue weighted by Gasteiger charge is 2.39. The monoisotopic (exact) mass is 280 g/mol. The number of hydrogen-bond donors (Lipinski definition) is 1. The smallest absolute Gasteiger partial charge is 0.306 e. The van der Waals surface area contributed by atoms with Crippen LogP contribution >= 0.6 is 0 Å². The van der Waals surface area contributed by atoms with Crippen LogP contribution in [0.3, 0.4) is 0 Å². The van der Waals surface area contributed by atoms with Crippen molar-refractivity contribution in [2.24, 2.45) is 0 Å². The maximum absolute atomic E-state index is 11.1. The van der Waals surface area contributed by atoms with E-state index in [1.165, 1.54) is 0 Å². The lowest BCUT2D eigenvalue weighted by molar-refractivity contribution is -0.139. The van der Waals surface area contributed by atoms with E-state index in [2.05, 4.69) is 33.9 Å². The summed E-state index contributed by atoms with van der Waals surface area (Å²) in [6.07, 6.45) is -0.351. The predicted molar refractivity (Wildman–Crippen MR) is 79.7 cm³/mol. The number of carbonyl (C=O) groups is 1. The molecule has 1 atom stereocenters. The molecule has 0 fully saturated rings. The summed E-state index contributed by atoms with van der Waals surface area (Å²) in [7, 11) is -1.98. The fraction of sp³-hybridized carbons (Fsp3) is 0.533. The van der Waals surface area contributed by atoms with Gasteiger partial charge >= 0.3 is 5.97 Å². The highest BCUT2D eigenvalue weighted by Crippen LogP contribution is 2.40. The summed E-state index contributed by atoms with van der Waals surface area (Å²) in [4.78, 5) is 11.1. The van der Waals surface area contributed by atoms with E-state index >= 15 is 0 Å². The number of benzene rings is 1. The van der Waals surface area contributed by atoms with E-state index in [1.807, 2.05) is 30.3 Å². The minimum absolute atomic E-state index is 0.0104. The Bertz CT molecular complexity index is 421. The maximum Gasteiger partial charge on any atom is 0.306 e. The topological polar surface area (TPSA) is 46.5 Å². The first-order chi connectivity index (χ1) is 8.63. The molecule has 1 aromatic rings. The molecule has 0 heterocycles. The van der Waals surface area contributed by atoms with E-state index in [0.717, 1.165) is 5.56 Å². The molecular weight excluding hydrogens is 256 g/mol. The molecule has 4 heteroatoms. The zero-order chi connectivity index (χ0) is 14.7. The van der Waals surface area contributed by atoms with Gasteiger partial charge in [-0.3, -0.25) is 4.79 Å². The van der Waals surface area contributed by atoms with Gasteiger partial charge in [-0.1, -0.05) is 51.1 Å². The summed E-state index contributed by atoms with van der Waals surface area (Å²) in [5.74, 6) is -0.826. The molecule has 0 unspecified atom stereocenters. The Labute approximate surface area is 116 Å². The Balaban J connectivity index is 2.97. The van der Waals surface area contributed by atoms with Crippen LogP contribution in [-0.4, -0.2) is 19.4 Å². The van der Waals surface area contributed by atoms with E-state index in [-0.39, 0.29) is 17.6 Å². The van der Waals surface area contributed by atoms with E-state index in [1.54, 1.807) is 0 Å². The molecule has 0 spiro atoms. The van der Waals surface area contributed by atoms with Crippen LogP contribution in [0.15, 0.2) is 30.3 Å². The second-order valence-corrected chi connectivity index (χ2v) is 11.1. The molecule has 0 amide bonds. The van der Waals surface area contributed by atoms with Crippen LogP contribution in [0.4, 0.5) is 0 Å². The number of carboxylic acids is 1. The molecule has 0 aliphatic rings. The molecule has 19 heavy (non-hydrogen) atoms. The molecule has 0 aromatic heterocycles. The van der Waals surface area contributed by atoms with Gasteiger partial charge in [-0.05, 0) is 23.7 Å². The van der Waals surface area contributed by atoms with Crippen molar-refractivity contribution in [1.29, 1.82) is 0 Å². The fourth-order valence-electron chi connectivity index (χ4n) is 1.59. The van der Waals surface area contributed by atoms with E-state index in [9.17, 15) is 4.79 Å². The molecule has 0 saturated heterocycles. The molecule has 106 valence electrons. The lowest BCUT2D eigenvalue weighted by Gasteiger charge is -2.39. The van der Waals surface area contributed by atoms with Crippen molar-refractivity contribution in [1.82, 2.24) is 0 Å². The Kier molecular flexibility index (Phi) is 4.93. The first kappa shape index (κ1) is 15.9. The van der Waals surface area contributed by atoms with E-state index in [4.69, 9.17) is 9.53 Å². The lowest BCUT2D eigenvalue weighted by atomic mass is 10.1. The van der Waals surface area contributed by atoms with Gasteiger partial charge in [-0.25, -0.2) is 0 Å². The van der Waals surface area contributed by atoms with Crippen LogP contribution in [-0.2, 0) is 9.22 Å². The second-order valence-electron chi connectivity index (χ2n) is 6.38. The van der Waals surface area contributed by atoms with Gasteiger partial charge in [0.15, 0.2) is 8.32 Å². The minimum Gasteiger partial charge on any atom is -0.481 e. The molecular formula is C15H24O3Si. The SMILES string of the molecule is CC(C)(C)[Si](C)(C)O[C@@H](CC(=O)O)c1ccccc1. The van der Waals surface area contributed by atoms with Crippen molar-refractivity contribution in [3.05, 3.63) is 35.9 Å². The van der Waals surface area contributed by atoms with Crippen molar-refractivity contribution in [2.45, 2.75) is 51.4 Å². The van der Waals surface area contributed by atoms with Gasteiger partial charge in [-0.2, -0.15) is 0 Å². The van der Waals surface area contributed by atoms with E-state index in [0.29, 0.717) is 0 Å². The molecule has 1 aromatic carbocycles. The third kappa shape index (κ3) is 4.47. The summed E-state index contributed by atoms with van der Waals surface area (Å²) in [6, 6.07) is 9.62. The van der Waals surface area contributed by atoms with Gasteiger partial charge in [0.05, 0.1) is 12.5 Å². The normalized spacial score (nSPS) is 14.2. The summed E-state index contributed by atoms with van der Waals surface area (Å²) in [6.45, 7) is 10.8. The maximum atomic E-state index is 11.1. The number of rotatable bonds is 5. The fourth-order valence-corrected chi connectivity index (χ4v) is 2.87. The van der Waals surface area contributed by atoms with Gasteiger partial charge in [0.25, 0.3) is 0 Å². The standard InChI is InChI=1S/C15H24O3Si/c1-15(2,3)19(4,5)18-13(11-14(16)17)12-9-7-6-8-10-12/h6-10,13H,11H2,1-5H3,(H,16,17)/t13-/m0/s1. The molecule has 1 rings (SSSR count). The summed E-state index contributed by atoms with van der Waals surface area (Å²) < 4.78 is 6.26. The zero-order valence-corrected chi connectivity index (χ0v) is 13.4. The Morgan fingerprint density at radius 2 is 1.79 bits per heavy atom. The summed E-state index contributed by atoms with van der Waals surface area (Å²) in [5.41, 5.74) is 0.940. The number of carboxylic acid groups (broad SMARTS) is 1. The summed E-state index contributed by atoms with van der Waals surface area (Å²) in [5, 5.41) is 9.15. The largest absolute Gasteiger partial charge is 0.481 e. The summed E-state index contributed by atoms with van der Waals surface area (Å²) >= 11 is 0. The Hall–Kier alpha value is -1.13. The molecule has 0 saturated carbocycles. The molecule has 0 bridgehead atoms. The van der Waals surface area contributed by atoms with Gasteiger partial charge in [0, 0.05) is 0 Å². The van der Waals surface area contributed by atoms with Crippen molar-refractivity contribution >= 4 is 14.3 Å². The molecule has 0 radical (unpaired) electrons. The first-order valence-electron chi connectivity index (χ1n) is 6.58. The van der Waals surface area contributed by atoms with Crippen LogP contribution in [0.2, 0.25) is 18.1 Å². The lowest BCUT2D eigenvalue weighted by Crippen LogP contribution is -2.42. The molecule has 0 aliphatic heterocycles. The van der Waals surface area contributed by atoms with Crippen molar-refractivity contribution in [2.75, 3.05) is 0 Å². The Morgan fingerprint density at radius 3 is 2.21 bits per heavy atom. The van der Waals surface area contributed by atoms with Crippen LogP contribution in [0, 0.1) is 0 Å². The average Bonchev–Trinajstić information content (AvgIpc) is 2.27. The van der Waals surface area contributed by atoms with Crippen LogP contribution in [0.1, 0.15) is 38.9 Å². The Morgan fingerprint density at radius 1 is 1.26 bits per heavy atom. The highest BCUT2D eigenvalue weighted by atomic mass is 28.4. The van der Waals surface area contributed by atoms with Crippen molar-refractivity contribution in [3.8, 4) is 0 Å². The van der Waals surface area contributed by atoms with Crippen molar-refractivity contribution in [3.63, 3.8) is 0 Å². The second kappa shape index (κ2) is 5.88. The minimum atomic E-state index is -1.98. The molecule has 0 aliphatic carbocycles. The van der Waals surface area contributed by atoms with Gasteiger partial charge in [0.1, 0.15) is 0 Å². The van der Waals surface area contributed by atoms with Crippen LogP contribution in [0.5, 0.6) is 0 Å². The van der Waals surface area contributed by atoms with Crippen LogP contribution in [0.25, 0.3) is 0 Å². The third-order valence-corrected chi connectivity index (χ3v) is 8.26.